The Morgan fingerprint density at radius 2 is 2.11 bits per heavy atom. The predicted molar refractivity (Wildman–Crippen MR) is 68.9 cm³/mol. The van der Waals surface area contributed by atoms with Crippen LogP contribution in [0.25, 0.3) is 0 Å². The average molecular weight is 289 g/mol. The number of hydrogen-bond donors (Lipinski definition) is 2. The normalized spacial score (nSPS) is 30.2. The molecule has 2 unspecified atom stereocenters. The van der Waals surface area contributed by atoms with E-state index >= 15 is 0 Å². The minimum absolute atomic E-state index is 0.0755. The van der Waals surface area contributed by atoms with E-state index in [4.69, 9.17) is 5.73 Å². The van der Waals surface area contributed by atoms with Gasteiger partial charge in [0.1, 0.15) is 6.04 Å². The molecule has 2 heterocycles. The maximum absolute atomic E-state index is 12.2. The Bertz CT molecular complexity index is 476. The summed E-state index contributed by atoms with van der Waals surface area (Å²) in [4.78, 5) is 25.0. The zero-order valence-corrected chi connectivity index (χ0v) is 11.5. The van der Waals surface area contributed by atoms with E-state index < -0.39 is 21.8 Å². The lowest BCUT2D eigenvalue weighted by Crippen LogP contribution is -2.58. The Morgan fingerprint density at radius 3 is 2.68 bits per heavy atom. The highest BCUT2D eigenvalue weighted by Gasteiger charge is 2.34. The van der Waals surface area contributed by atoms with Crippen LogP contribution in [0.3, 0.4) is 0 Å². The fourth-order valence-corrected chi connectivity index (χ4v) is 4.52. The number of nitrogens with two attached hydrogens (primary N) is 1. The van der Waals surface area contributed by atoms with E-state index in [1.165, 1.54) is 4.90 Å². The molecule has 2 aliphatic rings. The molecule has 108 valence electrons. The lowest BCUT2D eigenvalue weighted by atomic mass is 10.0. The van der Waals surface area contributed by atoms with Crippen LogP contribution in [0.15, 0.2) is 0 Å². The maximum atomic E-state index is 12.2. The number of piperazine rings is 1. The van der Waals surface area contributed by atoms with Crippen molar-refractivity contribution in [3.8, 4) is 0 Å². The number of hydrogen-bond acceptors (Lipinski definition) is 5. The highest BCUT2D eigenvalue weighted by Crippen LogP contribution is 2.23. The van der Waals surface area contributed by atoms with Crippen molar-refractivity contribution in [2.24, 2.45) is 11.7 Å². The molecule has 2 aliphatic heterocycles. The van der Waals surface area contributed by atoms with Crippen molar-refractivity contribution in [2.45, 2.75) is 18.9 Å². The highest BCUT2D eigenvalue weighted by atomic mass is 32.2. The summed E-state index contributed by atoms with van der Waals surface area (Å²) in [6.07, 6.45) is 0.713. The Morgan fingerprint density at radius 1 is 1.37 bits per heavy atom. The van der Waals surface area contributed by atoms with Crippen molar-refractivity contribution in [1.29, 1.82) is 0 Å². The first kappa shape index (κ1) is 14.3. The second-order valence-corrected chi connectivity index (χ2v) is 7.41. The molecule has 2 fully saturated rings. The van der Waals surface area contributed by atoms with Crippen LogP contribution in [-0.2, 0) is 19.4 Å². The molecule has 0 aromatic carbocycles. The molecule has 0 radical (unpaired) electrons. The van der Waals surface area contributed by atoms with E-state index in [0.29, 0.717) is 26.1 Å². The maximum Gasteiger partial charge on any atom is 0.241 e. The topological polar surface area (TPSA) is 110 Å². The molecule has 3 N–H and O–H groups in total. The fourth-order valence-electron chi connectivity index (χ4n) is 2.65. The summed E-state index contributed by atoms with van der Waals surface area (Å²) >= 11 is 0. The Kier molecular flexibility index (Phi) is 4.10. The van der Waals surface area contributed by atoms with Crippen molar-refractivity contribution in [2.75, 3.05) is 31.1 Å². The van der Waals surface area contributed by atoms with Gasteiger partial charge in [-0.25, -0.2) is 8.42 Å². The summed E-state index contributed by atoms with van der Waals surface area (Å²) in [5.41, 5.74) is 5.28. The van der Waals surface area contributed by atoms with Crippen molar-refractivity contribution in [1.82, 2.24) is 10.2 Å². The molecule has 2 rings (SSSR count). The largest absolute Gasteiger partial charge is 0.368 e. The summed E-state index contributed by atoms with van der Waals surface area (Å²) < 4.78 is 22.7. The van der Waals surface area contributed by atoms with E-state index in [2.05, 4.69) is 5.32 Å². The quantitative estimate of drug-likeness (QED) is 0.630. The third kappa shape index (κ3) is 3.44. The summed E-state index contributed by atoms with van der Waals surface area (Å²) in [6.45, 7) is 1.43. The molecule has 0 aromatic rings. The smallest absolute Gasteiger partial charge is 0.241 e. The Hall–Kier alpha value is -1.15. The van der Waals surface area contributed by atoms with Crippen molar-refractivity contribution >= 4 is 21.7 Å². The molecule has 0 saturated carbocycles. The van der Waals surface area contributed by atoms with Gasteiger partial charge in [0.25, 0.3) is 0 Å². The van der Waals surface area contributed by atoms with Crippen LogP contribution in [0, 0.1) is 5.92 Å². The molecule has 0 aromatic heterocycles. The minimum Gasteiger partial charge on any atom is -0.368 e. The van der Waals surface area contributed by atoms with Crippen molar-refractivity contribution < 1.29 is 18.0 Å². The van der Waals surface area contributed by atoms with Gasteiger partial charge in [-0.3, -0.25) is 9.59 Å². The van der Waals surface area contributed by atoms with Gasteiger partial charge in [-0.05, 0) is 12.3 Å². The first-order chi connectivity index (χ1) is 8.89. The van der Waals surface area contributed by atoms with Crippen LogP contribution >= 0.6 is 0 Å². The number of rotatable bonds is 3. The predicted octanol–water partition coefficient (Wildman–Crippen LogP) is -1.90. The molecule has 0 bridgehead atoms. The van der Waals surface area contributed by atoms with Crippen molar-refractivity contribution in [3.63, 3.8) is 0 Å². The standard InChI is InChI=1S/C11H19N3O4S/c12-11(16)9-6-13-2-3-14(9)10(15)5-8-1-4-19(17,18)7-8/h8-9,13H,1-7H2,(H2,12,16). The van der Waals surface area contributed by atoms with Gasteiger partial charge >= 0.3 is 0 Å². The lowest BCUT2D eigenvalue weighted by Gasteiger charge is -2.34. The van der Waals surface area contributed by atoms with Gasteiger partial charge in [-0.1, -0.05) is 0 Å². The zero-order valence-electron chi connectivity index (χ0n) is 10.7. The van der Waals surface area contributed by atoms with Crippen LogP contribution in [0.4, 0.5) is 0 Å². The minimum atomic E-state index is -2.98. The highest BCUT2D eigenvalue weighted by molar-refractivity contribution is 7.91. The average Bonchev–Trinajstić information content (AvgIpc) is 2.68. The number of carbonyl (C=O) groups is 2. The summed E-state index contributed by atoms with van der Waals surface area (Å²) in [6, 6.07) is -0.626. The molecule has 19 heavy (non-hydrogen) atoms. The third-order valence-electron chi connectivity index (χ3n) is 3.68. The number of amides is 2. The molecule has 0 spiro atoms. The van der Waals surface area contributed by atoms with Gasteiger partial charge in [0.2, 0.25) is 11.8 Å². The monoisotopic (exact) mass is 289 g/mol. The SMILES string of the molecule is NC(=O)C1CNCCN1C(=O)CC1CCS(=O)(=O)C1. The first-order valence-corrected chi connectivity index (χ1v) is 8.21. The number of carbonyl (C=O) groups excluding carboxylic acids is 2. The molecule has 7 nitrogen and oxygen atoms in total. The van der Waals surface area contributed by atoms with Gasteiger partial charge in [0, 0.05) is 26.1 Å². The van der Waals surface area contributed by atoms with E-state index in [1.54, 1.807) is 0 Å². The van der Waals surface area contributed by atoms with E-state index in [9.17, 15) is 18.0 Å². The second-order valence-electron chi connectivity index (χ2n) is 5.18. The molecule has 2 amide bonds. The number of sulfone groups is 1. The van der Waals surface area contributed by atoms with Gasteiger partial charge in [0.15, 0.2) is 9.84 Å². The fraction of sp³-hybridized carbons (Fsp3) is 0.818. The number of nitrogens with zero attached hydrogens (tertiary/aromatic N) is 1. The third-order valence-corrected chi connectivity index (χ3v) is 5.52. The molecular formula is C11H19N3O4S. The van der Waals surface area contributed by atoms with Crippen LogP contribution in [0.2, 0.25) is 0 Å². The summed E-state index contributed by atoms with van der Waals surface area (Å²) in [7, 11) is -2.98. The van der Waals surface area contributed by atoms with Gasteiger partial charge < -0.3 is 16.0 Å². The molecule has 2 atom stereocenters. The van der Waals surface area contributed by atoms with E-state index in [-0.39, 0.29) is 29.8 Å². The molecule has 8 heteroatoms. The first-order valence-electron chi connectivity index (χ1n) is 6.39. The van der Waals surface area contributed by atoms with E-state index in [1.807, 2.05) is 0 Å². The summed E-state index contributed by atoms with van der Waals surface area (Å²) in [5.74, 6) is -0.592. The van der Waals surface area contributed by atoms with Crippen molar-refractivity contribution in [3.05, 3.63) is 0 Å². The van der Waals surface area contributed by atoms with Crippen LogP contribution in [0.1, 0.15) is 12.8 Å². The van der Waals surface area contributed by atoms with E-state index in [0.717, 1.165) is 0 Å². The molecular weight excluding hydrogens is 270 g/mol. The number of nitrogens with one attached hydrogen (secondary N) is 1. The lowest BCUT2D eigenvalue weighted by molar-refractivity contribution is -0.141. The number of primary amides is 1. The molecule has 2 saturated heterocycles. The van der Waals surface area contributed by atoms with Crippen LogP contribution < -0.4 is 11.1 Å². The second kappa shape index (κ2) is 5.46. The Balaban J connectivity index is 1.97. The summed E-state index contributed by atoms with van der Waals surface area (Å²) in [5, 5.41) is 3.02. The Labute approximate surface area is 112 Å². The zero-order chi connectivity index (χ0) is 14.0. The van der Waals surface area contributed by atoms with Gasteiger partial charge in [-0.15, -0.1) is 0 Å². The van der Waals surface area contributed by atoms with Gasteiger partial charge in [0.05, 0.1) is 11.5 Å². The molecule has 0 aliphatic carbocycles. The van der Waals surface area contributed by atoms with Crippen LogP contribution in [0.5, 0.6) is 0 Å². The van der Waals surface area contributed by atoms with Crippen LogP contribution in [-0.4, -0.2) is 62.3 Å². The van der Waals surface area contributed by atoms with Gasteiger partial charge in [-0.2, -0.15) is 0 Å².